The Hall–Kier alpha value is -0.970. The standard InChI is InChI=1S/C16H28N4/c1-5-18-16(14-11-17-8-7-13(14)2)15-12-19(3)9-6-10-20(15)4/h7-8,11,15-16,18H,5-6,9-10,12H2,1-4H3. The second-order valence-corrected chi connectivity index (χ2v) is 5.93. The smallest absolute Gasteiger partial charge is 0.0508 e. The summed E-state index contributed by atoms with van der Waals surface area (Å²) in [6.07, 6.45) is 5.15. The Morgan fingerprint density at radius 2 is 2.20 bits per heavy atom. The number of aromatic nitrogens is 1. The molecule has 1 fully saturated rings. The van der Waals surface area contributed by atoms with E-state index in [2.05, 4.69) is 54.1 Å². The van der Waals surface area contributed by atoms with Crippen molar-refractivity contribution in [2.24, 2.45) is 0 Å². The highest BCUT2D eigenvalue weighted by Crippen LogP contribution is 2.25. The second kappa shape index (κ2) is 7.16. The van der Waals surface area contributed by atoms with Crippen molar-refractivity contribution in [3.05, 3.63) is 29.6 Å². The van der Waals surface area contributed by atoms with Gasteiger partial charge in [-0.1, -0.05) is 6.92 Å². The van der Waals surface area contributed by atoms with Crippen LogP contribution in [0.3, 0.4) is 0 Å². The van der Waals surface area contributed by atoms with Crippen LogP contribution in [0.5, 0.6) is 0 Å². The van der Waals surface area contributed by atoms with Gasteiger partial charge >= 0.3 is 0 Å². The number of likely N-dealkylation sites (N-methyl/N-ethyl adjacent to an activating group) is 3. The Bertz CT molecular complexity index is 421. The molecule has 0 radical (unpaired) electrons. The molecular formula is C16H28N4. The minimum absolute atomic E-state index is 0.347. The lowest BCUT2D eigenvalue weighted by Crippen LogP contribution is -2.47. The van der Waals surface area contributed by atoms with Gasteiger partial charge in [0.25, 0.3) is 0 Å². The van der Waals surface area contributed by atoms with Gasteiger partial charge in [0.2, 0.25) is 0 Å². The number of aryl methyl sites for hydroxylation is 1. The first kappa shape index (κ1) is 15.4. The summed E-state index contributed by atoms with van der Waals surface area (Å²) < 4.78 is 0. The average molecular weight is 276 g/mol. The van der Waals surface area contributed by atoms with Crippen LogP contribution in [0, 0.1) is 6.92 Å². The lowest BCUT2D eigenvalue weighted by Gasteiger charge is -2.35. The maximum Gasteiger partial charge on any atom is 0.0508 e. The molecule has 1 N–H and O–H groups in total. The first-order valence-electron chi connectivity index (χ1n) is 7.66. The van der Waals surface area contributed by atoms with Crippen LogP contribution in [-0.4, -0.2) is 61.1 Å². The van der Waals surface area contributed by atoms with E-state index in [1.54, 1.807) is 0 Å². The molecule has 0 spiro atoms. The Morgan fingerprint density at radius 3 is 2.90 bits per heavy atom. The van der Waals surface area contributed by atoms with E-state index in [0.717, 1.165) is 19.6 Å². The third-order valence-electron chi connectivity index (χ3n) is 4.34. The number of nitrogens with one attached hydrogen (secondary N) is 1. The molecule has 4 nitrogen and oxygen atoms in total. The molecule has 2 heterocycles. The highest BCUT2D eigenvalue weighted by molar-refractivity contribution is 5.26. The maximum absolute atomic E-state index is 4.34. The Kier molecular flexibility index (Phi) is 5.52. The van der Waals surface area contributed by atoms with Gasteiger partial charge in [0.15, 0.2) is 0 Å². The zero-order valence-electron chi connectivity index (χ0n) is 13.3. The number of nitrogens with zero attached hydrogens (tertiary/aromatic N) is 3. The molecule has 1 aliphatic rings. The van der Waals surface area contributed by atoms with Crippen molar-refractivity contribution >= 4 is 0 Å². The van der Waals surface area contributed by atoms with Gasteiger partial charge in [0, 0.05) is 25.0 Å². The molecule has 2 rings (SSSR count). The third kappa shape index (κ3) is 3.57. The molecule has 20 heavy (non-hydrogen) atoms. The SMILES string of the molecule is CCNC(c1cnccc1C)C1CN(C)CCCN1C. The van der Waals surface area contributed by atoms with Gasteiger partial charge in [-0.15, -0.1) is 0 Å². The minimum Gasteiger partial charge on any atom is -0.309 e. The van der Waals surface area contributed by atoms with Gasteiger partial charge in [0.05, 0.1) is 6.04 Å². The van der Waals surface area contributed by atoms with Gasteiger partial charge in [-0.25, -0.2) is 0 Å². The summed E-state index contributed by atoms with van der Waals surface area (Å²) in [6.45, 7) is 8.79. The summed E-state index contributed by atoms with van der Waals surface area (Å²) in [6, 6.07) is 2.95. The predicted molar refractivity (Wildman–Crippen MR) is 83.9 cm³/mol. The summed E-state index contributed by atoms with van der Waals surface area (Å²) in [5, 5.41) is 3.68. The summed E-state index contributed by atoms with van der Waals surface area (Å²) in [5.74, 6) is 0. The van der Waals surface area contributed by atoms with Crippen molar-refractivity contribution in [2.45, 2.75) is 32.4 Å². The summed E-state index contributed by atoms with van der Waals surface area (Å²) >= 11 is 0. The Morgan fingerprint density at radius 1 is 1.40 bits per heavy atom. The highest BCUT2D eigenvalue weighted by atomic mass is 15.2. The average Bonchev–Trinajstić information content (AvgIpc) is 2.59. The van der Waals surface area contributed by atoms with E-state index >= 15 is 0 Å². The van der Waals surface area contributed by atoms with Crippen LogP contribution < -0.4 is 5.32 Å². The van der Waals surface area contributed by atoms with Crippen LogP contribution in [0.25, 0.3) is 0 Å². The monoisotopic (exact) mass is 276 g/mol. The molecule has 1 saturated heterocycles. The van der Waals surface area contributed by atoms with Gasteiger partial charge in [0.1, 0.15) is 0 Å². The number of pyridine rings is 1. The van der Waals surface area contributed by atoms with E-state index < -0.39 is 0 Å². The van der Waals surface area contributed by atoms with Crippen LogP contribution in [0.15, 0.2) is 18.5 Å². The lowest BCUT2D eigenvalue weighted by atomic mass is 9.95. The van der Waals surface area contributed by atoms with Crippen molar-refractivity contribution in [3.63, 3.8) is 0 Å². The van der Waals surface area contributed by atoms with E-state index in [1.165, 1.54) is 24.1 Å². The molecule has 1 aliphatic heterocycles. The van der Waals surface area contributed by atoms with Crippen LogP contribution >= 0.6 is 0 Å². The molecule has 0 saturated carbocycles. The fourth-order valence-corrected chi connectivity index (χ4v) is 3.14. The first-order valence-corrected chi connectivity index (χ1v) is 7.66. The first-order chi connectivity index (χ1) is 9.63. The van der Waals surface area contributed by atoms with E-state index in [0.29, 0.717) is 12.1 Å². The fraction of sp³-hybridized carbons (Fsp3) is 0.688. The van der Waals surface area contributed by atoms with Crippen LogP contribution in [-0.2, 0) is 0 Å². The molecule has 0 aromatic carbocycles. The molecule has 112 valence electrons. The van der Waals surface area contributed by atoms with E-state index in [4.69, 9.17) is 0 Å². The van der Waals surface area contributed by atoms with E-state index in [9.17, 15) is 0 Å². The summed E-state index contributed by atoms with van der Waals surface area (Å²) in [7, 11) is 4.48. The quantitative estimate of drug-likeness (QED) is 0.906. The number of hydrogen-bond donors (Lipinski definition) is 1. The Balaban J connectivity index is 2.28. The largest absolute Gasteiger partial charge is 0.309 e. The van der Waals surface area contributed by atoms with Crippen molar-refractivity contribution in [3.8, 4) is 0 Å². The molecule has 4 heteroatoms. The molecular weight excluding hydrogens is 248 g/mol. The van der Waals surface area contributed by atoms with Crippen molar-refractivity contribution in [1.29, 1.82) is 0 Å². The zero-order valence-corrected chi connectivity index (χ0v) is 13.3. The third-order valence-corrected chi connectivity index (χ3v) is 4.34. The summed E-state index contributed by atoms with van der Waals surface area (Å²) in [5.41, 5.74) is 2.66. The molecule has 1 aromatic rings. The molecule has 0 bridgehead atoms. The maximum atomic E-state index is 4.34. The summed E-state index contributed by atoms with van der Waals surface area (Å²) in [4.78, 5) is 9.29. The fourth-order valence-electron chi connectivity index (χ4n) is 3.14. The van der Waals surface area contributed by atoms with Crippen molar-refractivity contribution in [1.82, 2.24) is 20.1 Å². The molecule has 0 aliphatic carbocycles. The van der Waals surface area contributed by atoms with Crippen LogP contribution in [0.4, 0.5) is 0 Å². The topological polar surface area (TPSA) is 31.4 Å². The molecule has 2 atom stereocenters. The van der Waals surface area contributed by atoms with Crippen LogP contribution in [0.2, 0.25) is 0 Å². The van der Waals surface area contributed by atoms with Crippen molar-refractivity contribution in [2.75, 3.05) is 40.3 Å². The van der Waals surface area contributed by atoms with Gasteiger partial charge in [-0.3, -0.25) is 4.98 Å². The van der Waals surface area contributed by atoms with E-state index in [-0.39, 0.29) is 0 Å². The predicted octanol–water partition coefficient (Wildman–Crippen LogP) is 1.68. The van der Waals surface area contributed by atoms with Gasteiger partial charge in [-0.2, -0.15) is 0 Å². The highest BCUT2D eigenvalue weighted by Gasteiger charge is 2.29. The minimum atomic E-state index is 0.347. The number of rotatable bonds is 4. The zero-order chi connectivity index (χ0) is 14.5. The Labute approximate surface area is 123 Å². The van der Waals surface area contributed by atoms with Gasteiger partial charge < -0.3 is 15.1 Å². The number of hydrogen-bond acceptors (Lipinski definition) is 4. The van der Waals surface area contributed by atoms with Crippen LogP contribution in [0.1, 0.15) is 30.5 Å². The normalized spacial score (nSPS) is 23.5. The molecule has 0 amide bonds. The second-order valence-electron chi connectivity index (χ2n) is 5.93. The molecule has 1 aromatic heterocycles. The molecule has 2 unspecified atom stereocenters. The van der Waals surface area contributed by atoms with Crippen molar-refractivity contribution < 1.29 is 0 Å². The van der Waals surface area contributed by atoms with E-state index in [1.807, 2.05) is 12.4 Å². The van der Waals surface area contributed by atoms with Gasteiger partial charge in [-0.05, 0) is 64.3 Å². The lowest BCUT2D eigenvalue weighted by molar-refractivity contribution is 0.179.